The molecule has 1 heterocycles. The third-order valence-electron chi connectivity index (χ3n) is 2.56. The van der Waals surface area contributed by atoms with Crippen molar-refractivity contribution in [3.8, 4) is 0 Å². The predicted octanol–water partition coefficient (Wildman–Crippen LogP) is 1.11. The monoisotopic (exact) mass is 255 g/mol. The summed E-state index contributed by atoms with van der Waals surface area (Å²) >= 11 is 0. The van der Waals surface area contributed by atoms with Gasteiger partial charge in [0.2, 0.25) is 5.91 Å². The first-order valence-electron chi connectivity index (χ1n) is 5.75. The Morgan fingerprint density at radius 1 is 1.16 bits per heavy atom. The van der Waals surface area contributed by atoms with E-state index in [0.29, 0.717) is 17.8 Å². The highest BCUT2D eigenvalue weighted by Crippen LogP contribution is 2.05. The Morgan fingerprint density at radius 2 is 2.00 bits per heavy atom. The van der Waals surface area contributed by atoms with Crippen LogP contribution in [0.15, 0.2) is 48.7 Å². The molecule has 0 aliphatic carbocycles. The van der Waals surface area contributed by atoms with Gasteiger partial charge < -0.3 is 11.1 Å². The van der Waals surface area contributed by atoms with Crippen LogP contribution in [0.5, 0.6) is 0 Å². The van der Waals surface area contributed by atoms with Crippen molar-refractivity contribution in [2.75, 3.05) is 0 Å². The molecule has 0 unspecified atom stereocenters. The molecule has 96 valence electrons. The molecule has 2 amide bonds. The van der Waals surface area contributed by atoms with Crippen LogP contribution in [0.4, 0.5) is 0 Å². The van der Waals surface area contributed by atoms with E-state index in [0.717, 1.165) is 5.56 Å². The number of carbonyl (C=O) groups excluding carboxylic acids is 2. The van der Waals surface area contributed by atoms with Crippen molar-refractivity contribution in [1.82, 2.24) is 10.3 Å². The molecule has 0 atom stereocenters. The number of benzene rings is 1. The minimum Gasteiger partial charge on any atom is -0.366 e. The number of nitrogens with zero attached hydrogens (tertiary/aromatic N) is 1. The van der Waals surface area contributed by atoms with Crippen LogP contribution in [0.2, 0.25) is 0 Å². The van der Waals surface area contributed by atoms with Crippen molar-refractivity contribution >= 4 is 11.8 Å². The van der Waals surface area contributed by atoms with Crippen molar-refractivity contribution < 1.29 is 9.59 Å². The highest BCUT2D eigenvalue weighted by Gasteiger charge is 2.06. The lowest BCUT2D eigenvalue weighted by atomic mass is 10.1. The molecule has 0 saturated carbocycles. The number of nitrogens with two attached hydrogens (primary N) is 1. The average Bonchev–Trinajstić information content (AvgIpc) is 2.46. The normalized spacial score (nSPS) is 9.89. The molecule has 0 radical (unpaired) electrons. The lowest BCUT2D eigenvalue weighted by Crippen LogP contribution is -2.23. The third-order valence-corrected chi connectivity index (χ3v) is 2.56. The van der Waals surface area contributed by atoms with Crippen LogP contribution in [-0.2, 0) is 6.54 Å². The van der Waals surface area contributed by atoms with E-state index < -0.39 is 5.91 Å². The zero-order valence-corrected chi connectivity index (χ0v) is 10.2. The van der Waals surface area contributed by atoms with Crippen LogP contribution in [0.3, 0.4) is 0 Å². The zero-order valence-electron chi connectivity index (χ0n) is 10.2. The second-order valence-corrected chi connectivity index (χ2v) is 3.96. The molecule has 5 nitrogen and oxygen atoms in total. The predicted molar refractivity (Wildman–Crippen MR) is 70.4 cm³/mol. The van der Waals surface area contributed by atoms with Gasteiger partial charge in [0.1, 0.15) is 5.69 Å². The molecule has 0 aliphatic heterocycles. The molecular weight excluding hydrogens is 242 g/mol. The van der Waals surface area contributed by atoms with Crippen LogP contribution < -0.4 is 11.1 Å². The summed E-state index contributed by atoms with van der Waals surface area (Å²) in [6, 6.07) is 11.9. The molecule has 2 rings (SSSR count). The Hall–Kier alpha value is -2.69. The highest BCUT2D eigenvalue weighted by molar-refractivity contribution is 5.93. The van der Waals surface area contributed by atoms with Gasteiger partial charge in [-0.25, -0.2) is 0 Å². The van der Waals surface area contributed by atoms with E-state index in [4.69, 9.17) is 5.73 Å². The minimum atomic E-state index is -0.488. The van der Waals surface area contributed by atoms with Gasteiger partial charge in [-0.2, -0.15) is 0 Å². The van der Waals surface area contributed by atoms with Crippen LogP contribution in [0.1, 0.15) is 26.4 Å². The first-order valence-corrected chi connectivity index (χ1v) is 5.75. The van der Waals surface area contributed by atoms with Gasteiger partial charge in [-0.1, -0.05) is 18.2 Å². The molecule has 5 heteroatoms. The molecule has 0 saturated heterocycles. The Morgan fingerprint density at radius 3 is 2.68 bits per heavy atom. The number of hydrogen-bond donors (Lipinski definition) is 2. The van der Waals surface area contributed by atoms with Crippen LogP contribution in [0, 0.1) is 0 Å². The number of carbonyl (C=O) groups is 2. The third kappa shape index (κ3) is 3.38. The number of amides is 2. The molecular formula is C14H13N3O2. The fraction of sp³-hybridized carbons (Fsp3) is 0.0714. The molecule has 2 aromatic rings. The van der Waals surface area contributed by atoms with Gasteiger partial charge >= 0.3 is 0 Å². The van der Waals surface area contributed by atoms with Gasteiger partial charge in [-0.15, -0.1) is 0 Å². The summed E-state index contributed by atoms with van der Waals surface area (Å²) in [5, 5.41) is 2.73. The Kier molecular flexibility index (Phi) is 3.87. The quantitative estimate of drug-likeness (QED) is 0.858. The van der Waals surface area contributed by atoms with E-state index in [9.17, 15) is 9.59 Å². The second-order valence-electron chi connectivity index (χ2n) is 3.96. The molecule has 19 heavy (non-hydrogen) atoms. The summed E-state index contributed by atoms with van der Waals surface area (Å²) in [7, 11) is 0. The maximum absolute atomic E-state index is 11.8. The fourth-order valence-corrected chi connectivity index (χ4v) is 1.60. The van der Waals surface area contributed by atoms with Crippen molar-refractivity contribution in [3.63, 3.8) is 0 Å². The standard InChI is InChI=1S/C14H13N3O2/c15-13(18)11-5-3-4-10(8-11)9-17-14(19)12-6-1-2-7-16-12/h1-8H,9H2,(H2,15,18)(H,17,19). The summed E-state index contributed by atoms with van der Waals surface area (Å²) in [5.41, 5.74) is 6.78. The summed E-state index contributed by atoms with van der Waals surface area (Å²) in [6.45, 7) is 0.316. The van der Waals surface area contributed by atoms with Crippen molar-refractivity contribution in [3.05, 3.63) is 65.5 Å². The van der Waals surface area contributed by atoms with E-state index in [2.05, 4.69) is 10.3 Å². The number of nitrogens with one attached hydrogen (secondary N) is 1. The molecule has 1 aromatic heterocycles. The minimum absolute atomic E-state index is 0.259. The maximum atomic E-state index is 11.8. The maximum Gasteiger partial charge on any atom is 0.270 e. The van der Waals surface area contributed by atoms with Crippen molar-refractivity contribution in [2.45, 2.75) is 6.54 Å². The van der Waals surface area contributed by atoms with Gasteiger partial charge in [0.25, 0.3) is 5.91 Å². The van der Waals surface area contributed by atoms with Gasteiger partial charge in [0, 0.05) is 18.3 Å². The van der Waals surface area contributed by atoms with Gasteiger partial charge in [0.05, 0.1) is 0 Å². The lowest BCUT2D eigenvalue weighted by molar-refractivity contribution is 0.0945. The highest BCUT2D eigenvalue weighted by atomic mass is 16.2. The van der Waals surface area contributed by atoms with E-state index in [1.807, 2.05) is 6.07 Å². The summed E-state index contributed by atoms with van der Waals surface area (Å²) in [5.74, 6) is -0.747. The number of rotatable bonds is 4. The second kappa shape index (κ2) is 5.77. The molecule has 3 N–H and O–H groups in total. The Labute approximate surface area is 110 Å². The van der Waals surface area contributed by atoms with Gasteiger partial charge in [-0.05, 0) is 29.8 Å². The Balaban J connectivity index is 2.01. The van der Waals surface area contributed by atoms with E-state index in [1.54, 1.807) is 42.6 Å². The average molecular weight is 255 g/mol. The zero-order chi connectivity index (χ0) is 13.7. The number of aromatic nitrogens is 1. The largest absolute Gasteiger partial charge is 0.366 e. The van der Waals surface area contributed by atoms with Crippen LogP contribution in [-0.4, -0.2) is 16.8 Å². The lowest BCUT2D eigenvalue weighted by Gasteiger charge is -2.05. The smallest absolute Gasteiger partial charge is 0.270 e. The topological polar surface area (TPSA) is 85.1 Å². The van der Waals surface area contributed by atoms with Crippen molar-refractivity contribution in [2.24, 2.45) is 5.73 Å². The number of primary amides is 1. The SMILES string of the molecule is NC(=O)c1cccc(CNC(=O)c2ccccn2)c1. The molecule has 0 aliphatic rings. The Bertz CT molecular complexity index is 597. The number of hydrogen-bond acceptors (Lipinski definition) is 3. The van der Waals surface area contributed by atoms with E-state index in [1.165, 1.54) is 0 Å². The molecule has 1 aromatic carbocycles. The molecule has 0 bridgehead atoms. The summed E-state index contributed by atoms with van der Waals surface area (Å²) in [4.78, 5) is 26.8. The van der Waals surface area contributed by atoms with Gasteiger partial charge in [-0.3, -0.25) is 14.6 Å². The van der Waals surface area contributed by atoms with Crippen LogP contribution >= 0.6 is 0 Å². The summed E-state index contributed by atoms with van der Waals surface area (Å²) in [6.07, 6.45) is 1.56. The number of pyridine rings is 1. The van der Waals surface area contributed by atoms with Gasteiger partial charge in [0.15, 0.2) is 0 Å². The fourth-order valence-electron chi connectivity index (χ4n) is 1.60. The molecule has 0 spiro atoms. The van der Waals surface area contributed by atoms with Crippen molar-refractivity contribution in [1.29, 1.82) is 0 Å². The first kappa shape index (κ1) is 12.8. The first-order chi connectivity index (χ1) is 9.16. The summed E-state index contributed by atoms with van der Waals surface area (Å²) < 4.78 is 0. The van der Waals surface area contributed by atoms with E-state index in [-0.39, 0.29) is 5.91 Å². The molecule has 0 fully saturated rings. The van der Waals surface area contributed by atoms with E-state index >= 15 is 0 Å². The van der Waals surface area contributed by atoms with Crippen LogP contribution in [0.25, 0.3) is 0 Å².